The molecule has 0 radical (unpaired) electrons. The number of aryl methyl sites for hydroxylation is 1. The Balaban J connectivity index is 2.22. The summed E-state index contributed by atoms with van der Waals surface area (Å²) in [5.41, 5.74) is 3.39. The molecule has 22 heavy (non-hydrogen) atoms. The summed E-state index contributed by atoms with van der Waals surface area (Å²) in [6.07, 6.45) is 1.78. The van der Waals surface area contributed by atoms with Crippen LogP contribution >= 0.6 is 11.6 Å². The minimum Gasteiger partial charge on any atom is -0.366 e. The van der Waals surface area contributed by atoms with Crippen molar-refractivity contribution >= 4 is 35.0 Å². The van der Waals surface area contributed by atoms with E-state index < -0.39 is 0 Å². The van der Waals surface area contributed by atoms with E-state index in [0.717, 1.165) is 29.2 Å². The van der Waals surface area contributed by atoms with Crippen LogP contribution in [-0.4, -0.2) is 24.8 Å². The molecule has 0 aliphatic heterocycles. The number of aliphatic imine (C=N–C) groups is 1. The smallest absolute Gasteiger partial charge is 0.123 e. The standard InChI is InChI=1S/C17H19ClFN3/c1-4-22(3)11-20-16-10-15(18)17(9-12(16)2)21-14-7-5-13(19)6-8-14/h5-11,21H,4H2,1-3H3/b20-11-. The van der Waals surface area contributed by atoms with Gasteiger partial charge in [-0.05, 0) is 55.8 Å². The first kappa shape index (κ1) is 16.3. The first-order valence-corrected chi connectivity index (χ1v) is 7.44. The highest BCUT2D eigenvalue weighted by Crippen LogP contribution is 2.32. The summed E-state index contributed by atoms with van der Waals surface area (Å²) in [7, 11) is 1.96. The van der Waals surface area contributed by atoms with Crippen LogP contribution in [-0.2, 0) is 0 Å². The fraction of sp³-hybridized carbons (Fsp3) is 0.235. The minimum atomic E-state index is -0.266. The van der Waals surface area contributed by atoms with E-state index in [1.165, 1.54) is 12.1 Å². The Morgan fingerprint density at radius 3 is 2.59 bits per heavy atom. The second kappa shape index (κ2) is 7.27. The first-order chi connectivity index (χ1) is 10.5. The lowest BCUT2D eigenvalue weighted by Crippen LogP contribution is -2.14. The molecule has 116 valence electrons. The molecule has 0 bridgehead atoms. The molecule has 2 aromatic rings. The van der Waals surface area contributed by atoms with Crippen LogP contribution in [0.4, 0.5) is 21.5 Å². The van der Waals surface area contributed by atoms with Crippen LogP contribution in [0.25, 0.3) is 0 Å². The number of rotatable bonds is 5. The van der Waals surface area contributed by atoms with Crippen molar-refractivity contribution in [1.29, 1.82) is 0 Å². The molecule has 0 fully saturated rings. The van der Waals surface area contributed by atoms with Gasteiger partial charge in [0.15, 0.2) is 0 Å². The maximum Gasteiger partial charge on any atom is 0.123 e. The van der Waals surface area contributed by atoms with Crippen molar-refractivity contribution in [2.24, 2.45) is 4.99 Å². The molecule has 0 amide bonds. The summed E-state index contributed by atoms with van der Waals surface area (Å²) in [5, 5.41) is 3.75. The molecule has 2 rings (SSSR count). The highest BCUT2D eigenvalue weighted by molar-refractivity contribution is 6.33. The number of nitrogens with zero attached hydrogens (tertiary/aromatic N) is 2. The van der Waals surface area contributed by atoms with Crippen LogP contribution in [0.3, 0.4) is 0 Å². The highest BCUT2D eigenvalue weighted by Gasteiger charge is 2.06. The number of hydrogen-bond donors (Lipinski definition) is 1. The molecule has 1 N–H and O–H groups in total. The van der Waals surface area contributed by atoms with E-state index in [4.69, 9.17) is 11.6 Å². The van der Waals surface area contributed by atoms with E-state index in [-0.39, 0.29) is 5.82 Å². The quantitative estimate of drug-likeness (QED) is 0.610. The summed E-state index contributed by atoms with van der Waals surface area (Å²) in [6, 6.07) is 9.91. The maximum atomic E-state index is 12.9. The summed E-state index contributed by atoms with van der Waals surface area (Å²) >= 11 is 6.31. The van der Waals surface area contributed by atoms with Crippen LogP contribution in [0.15, 0.2) is 41.4 Å². The molecule has 2 aromatic carbocycles. The molecule has 0 unspecified atom stereocenters. The second-order valence-electron chi connectivity index (χ2n) is 5.07. The predicted molar refractivity (Wildman–Crippen MR) is 92.3 cm³/mol. The predicted octanol–water partition coefficient (Wildman–Crippen LogP) is 5.14. The van der Waals surface area contributed by atoms with Crippen molar-refractivity contribution in [1.82, 2.24) is 4.90 Å². The molecule has 3 nitrogen and oxygen atoms in total. The number of anilines is 2. The molecule has 0 aliphatic rings. The SMILES string of the molecule is CCN(C)/C=N\c1cc(Cl)c(Nc2ccc(F)cc2)cc1C. The van der Waals surface area contributed by atoms with Gasteiger partial charge in [-0.25, -0.2) is 9.38 Å². The van der Waals surface area contributed by atoms with Gasteiger partial charge in [0.1, 0.15) is 5.82 Å². The second-order valence-corrected chi connectivity index (χ2v) is 5.48. The Kier molecular flexibility index (Phi) is 5.39. The van der Waals surface area contributed by atoms with Crippen molar-refractivity contribution in [3.8, 4) is 0 Å². The van der Waals surface area contributed by atoms with E-state index in [2.05, 4.69) is 17.2 Å². The normalized spacial score (nSPS) is 11.0. The van der Waals surface area contributed by atoms with Crippen molar-refractivity contribution in [2.75, 3.05) is 18.9 Å². The van der Waals surface area contributed by atoms with Crippen molar-refractivity contribution < 1.29 is 4.39 Å². The third-order valence-electron chi connectivity index (χ3n) is 3.30. The summed E-state index contributed by atoms with van der Waals surface area (Å²) < 4.78 is 12.9. The van der Waals surface area contributed by atoms with E-state index in [1.54, 1.807) is 18.5 Å². The topological polar surface area (TPSA) is 27.6 Å². The van der Waals surface area contributed by atoms with Crippen LogP contribution in [0.1, 0.15) is 12.5 Å². The van der Waals surface area contributed by atoms with Gasteiger partial charge in [-0.3, -0.25) is 0 Å². The van der Waals surface area contributed by atoms with E-state index >= 15 is 0 Å². The zero-order chi connectivity index (χ0) is 16.1. The van der Waals surface area contributed by atoms with Crippen molar-refractivity contribution in [2.45, 2.75) is 13.8 Å². The first-order valence-electron chi connectivity index (χ1n) is 7.06. The molecule has 0 saturated carbocycles. The maximum absolute atomic E-state index is 12.9. The fourth-order valence-electron chi connectivity index (χ4n) is 1.84. The van der Waals surface area contributed by atoms with Crippen LogP contribution in [0.5, 0.6) is 0 Å². The summed E-state index contributed by atoms with van der Waals surface area (Å²) in [6.45, 7) is 4.92. The molecular formula is C17H19ClFN3. The molecule has 5 heteroatoms. The van der Waals surface area contributed by atoms with Gasteiger partial charge >= 0.3 is 0 Å². The molecular weight excluding hydrogens is 301 g/mol. The van der Waals surface area contributed by atoms with Gasteiger partial charge in [0.25, 0.3) is 0 Å². The van der Waals surface area contributed by atoms with Crippen molar-refractivity contribution in [3.05, 3.63) is 52.8 Å². The van der Waals surface area contributed by atoms with E-state index in [1.807, 2.05) is 31.0 Å². The zero-order valence-corrected chi connectivity index (χ0v) is 13.7. The summed E-state index contributed by atoms with van der Waals surface area (Å²) in [5.74, 6) is -0.266. The van der Waals surface area contributed by atoms with Crippen LogP contribution in [0, 0.1) is 12.7 Å². The largest absolute Gasteiger partial charge is 0.366 e. The molecule has 0 heterocycles. The van der Waals surface area contributed by atoms with Crippen LogP contribution < -0.4 is 5.32 Å². The van der Waals surface area contributed by atoms with Gasteiger partial charge < -0.3 is 10.2 Å². The average Bonchev–Trinajstić information content (AvgIpc) is 2.51. The van der Waals surface area contributed by atoms with E-state index in [9.17, 15) is 4.39 Å². The Labute approximate surface area is 135 Å². The average molecular weight is 320 g/mol. The van der Waals surface area contributed by atoms with Gasteiger partial charge in [0.05, 0.1) is 22.7 Å². The third kappa shape index (κ3) is 4.21. The lowest BCUT2D eigenvalue weighted by molar-refractivity contribution is 0.552. The number of halogens is 2. The fourth-order valence-corrected chi connectivity index (χ4v) is 2.04. The third-order valence-corrected chi connectivity index (χ3v) is 3.61. The Morgan fingerprint density at radius 2 is 1.95 bits per heavy atom. The lowest BCUT2D eigenvalue weighted by atomic mass is 10.1. The van der Waals surface area contributed by atoms with Gasteiger partial charge in [0, 0.05) is 19.3 Å². The monoisotopic (exact) mass is 319 g/mol. The number of hydrogen-bond acceptors (Lipinski definition) is 2. The highest BCUT2D eigenvalue weighted by atomic mass is 35.5. The zero-order valence-electron chi connectivity index (χ0n) is 12.9. The molecule has 0 atom stereocenters. The molecule has 0 spiro atoms. The Morgan fingerprint density at radius 1 is 1.27 bits per heavy atom. The van der Waals surface area contributed by atoms with Gasteiger partial charge in [-0.15, -0.1) is 0 Å². The lowest BCUT2D eigenvalue weighted by Gasteiger charge is -2.12. The van der Waals surface area contributed by atoms with Gasteiger partial charge in [-0.2, -0.15) is 0 Å². The summed E-state index contributed by atoms with van der Waals surface area (Å²) in [4.78, 5) is 6.42. The van der Waals surface area contributed by atoms with Gasteiger partial charge in [-0.1, -0.05) is 11.6 Å². The van der Waals surface area contributed by atoms with Crippen LogP contribution in [0.2, 0.25) is 5.02 Å². The van der Waals surface area contributed by atoms with Crippen molar-refractivity contribution in [3.63, 3.8) is 0 Å². The van der Waals surface area contributed by atoms with E-state index in [0.29, 0.717) is 5.02 Å². The Hall–Kier alpha value is -2.07. The molecule has 0 aromatic heterocycles. The molecule has 0 aliphatic carbocycles. The minimum absolute atomic E-state index is 0.266. The number of benzene rings is 2. The van der Waals surface area contributed by atoms with Gasteiger partial charge in [0.2, 0.25) is 0 Å². The Bertz CT molecular complexity index is 668. The molecule has 0 saturated heterocycles. The number of nitrogens with one attached hydrogen (secondary N) is 1.